The molecule has 0 atom stereocenters. The Morgan fingerprint density at radius 3 is 2.31 bits per heavy atom. The Kier molecular flexibility index (Phi) is 6.96. The van der Waals surface area contributed by atoms with Crippen LogP contribution in [0.4, 0.5) is 0 Å². The number of piperazine rings is 1. The summed E-state index contributed by atoms with van der Waals surface area (Å²) in [6.45, 7) is 6.17. The maximum atomic E-state index is 12.7. The van der Waals surface area contributed by atoms with Gasteiger partial charge in [-0.3, -0.25) is 9.69 Å². The van der Waals surface area contributed by atoms with Crippen LogP contribution in [0.25, 0.3) is 5.69 Å². The number of tetrazole rings is 1. The summed E-state index contributed by atoms with van der Waals surface area (Å²) in [6.07, 6.45) is 0.405. The first-order valence-corrected chi connectivity index (χ1v) is 10.8. The molecule has 1 amide bonds. The van der Waals surface area contributed by atoms with E-state index in [2.05, 4.69) is 20.4 Å². The molecule has 168 valence electrons. The van der Waals surface area contributed by atoms with E-state index in [0.717, 1.165) is 41.7 Å². The molecular weight excluding hydrogens is 408 g/mol. The minimum Gasteiger partial charge on any atom is -0.497 e. The Morgan fingerprint density at radius 1 is 0.969 bits per heavy atom. The van der Waals surface area contributed by atoms with Gasteiger partial charge in [-0.1, -0.05) is 12.1 Å². The standard InChI is InChI=1S/C23H28N6O3/c1-3-32-21-8-4-18(5-9-21)16-23(30)28-14-12-27(13-15-28)17-22-24-25-26-29(22)19-6-10-20(31-2)11-7-19/h4-11H,3,12-17H2,1-2H3. The molecule has 0 spiro atoms. The molecule has 4 rings (SSSR count). The minimum absolute atomic E-state index is 0.150. The number of amides is 1. The molecule has 1 aromatic heterocycles. The van der Waals surface area contributed by atoms with Crippen LogP contribution >= 0.6 is 0 Å². The lowest BCUT2D eigenvalue weighted by Gasteiger charge is -2.34. The summed E-state index contributed by atoms with van der Waals surface area (Å²) in [5.41, 5.74) is 1.88. The van der Waals surface area contributed by atoms with Crippen molar-refractivity contribution in [2.24, 2.45) is 0 Å². The molecule has 9 heteroatoms. The molecule has 0 radical (unpaired) electrons. The molecule has 1 aliphatic heterocycles. The van der Waals surface area contributed by atoms with Crippen molar-refractivity contribution in [3.63, 3.8) is 0 Å². The van der Waals surface area contributed by atoms with Gasteiger partial charge in [-0.05, 0) is 59.3 Å². The van der Waals surface area contributed by atoms with E-state index in [0.29, 0.717) is 32.7 Å². The summed E-state index contributed by atoms with van der Waals surface area (Å²) in [7, 11) is 1.64. The zero-order chi connectivity index (χ0) is 22.3. The maximum absolute atomic E-state index is 12.7. The molecular formula is C23H28N6O3. The van der Waals surface area contributed by atoms with Gasteiger partial charge in [0.05, 0.1) is 32.4 Å². The SMILES string of the molecule is CCOc1ccc(CC(=O)N2CCN(Cc3nnnn3-c3ccc(OC)cc3)CC2)cc1. The van der Waals surface area contributed by atoms with Crippen LogP contribution in [0.2, 0.25) is 0 Å². The van der Waals surface area contributed by atoms with Crippen LogP contribution in [0.15, 0.2) is 48.5 Å². The first-order valence-electron chi connectivity index (χ1n) is 10.8. The number of benzene rings is 2. The number of hydrogen-bond acceptors (Lipinski definition) is 7. The molecule has 1 aliphatic rings. The van der Waals surface area contributed by atoms with Crippen molar-refractivity contribution in [3.05, 3.63) is 59.9 Å². The third-order valence-electron chi connectivity index (χ3n) is 5.53. The zero-order valence-electron chi connectivity index (χ0n) is 18.5. The number of carbonyl (C=O) groups excluding carboxylic acids is 1. The lowest BCUT2D eigenvalue weighted by molar-refractivity contribution is -0.132. The van der Waals surface area contributed by atoms with E-state index >= 15 is 0 Å². The summed E-state index contributed by atoms with van der Waals surface area (Å²) in [5.74, 6) is 2.53. The molecule has 1 fully saturated rings. The average Bonchev–Trinajstić information content (AvgIpc) is 3.29. The predicted octanol–water partition coefficient (Wildman–Crippen LogP) is 1.96. The number of nitrogens with zero attached hydrogens (tertiary/aromatic N) is 6. The van der Waals surface area contributed by atoms with E-state index in [1.54, 1.807) is 11.8 Å². The van der Waals surface area contributed by atoms with Gasteiger partial charge in [-0.25, -0.2) is 0 Å². The molecule has 0 aliphatic carbocycles. The van der Waals surface area contributed by atoms with Crippen LogP contribution < -0.4 is 9.47 Å². The quantitative estimate of drug-likeness (QED) is 0.534. The van der Waals surface area contributed by atoms with Crippen molar-refractivity contribution in [1.82, 2.24) is 30.0 Å². The molecule has 0 bridgehead atoms. The Balaban J connectivity index is 1.29. The number of carbonyl (C=O) groups is 1. The van der Waals surface area contributed by atoms with Gasteiger partial charge in [0.1, 0.15) is 11.5 Å². The molecule has 2 aromatic carbocycles. The highest BCUT2D eigenvalue weighted by molar-refractivity contribution is 5.79. The highest BCUT2D eigenvalue weighted by Crippen LogP contribution is 2.17. The van der Waals surface area contributed by atoms with Gasteiger partial charge in [0.15, 0.2) is 5.82 Å². The van der Waals surface area contributed by atoms with Crippen molar-refractivity contribution in [2.75, 3.05) is 39.9 Å². The van der Waals surface area contributed by atoms with Gasteiger partial charge < -0.3 is 14.4 Å². The highest BCUT2D eigenvalue weighted by atomic mass is 16.5. The third-order valence-corrected chi connectivity index (χ3v) is 5.53. The van der Waals surface area contributed by atoms with E-state index in [-0.39, 0.29) is 5.91 Å². The molecule has 0 saturated carbocycles. The van der Waals surface area contributed by atoms with Crippen LogP contribution in [0.1, 0.15) is 18.3 Å². The van der Waals surface area contributed by atoms with Crippen LogP contribution in [0.5, 0.6) is 11.5 Å². The molecule has 32 heavy (non-hydrogen) atoms. The van der Waals surface area contributed by atoms with Gasteiger partial charge in [-0.2, -0.15) is 4.68 Å². The van der Waals surface area contributed by atoms with Crippen LogP contribution in [-0.2, 0) is 17.8 Å². The van der Waals surface area contributed by atoms with Crippen LogP contribution in [0, 0.1) is 0 Å². The lowest BCUT2D eigenvalue weighted by Crippen LogP contribution is -2.48. The summed E-state index contributed by atoms with van der Waals surface area (Å²) < 4.78 is 12.4. The van der Waals surface area contributed by atoms with Crippen molar-refractivity contribution in [3.8, 4) is 17.2 Å². The second-order valence-corrected chi connectivity index (χ2v) is 7.62. The first kappa shape index (κ1) is 21.8. The largest absolute Gasteiger partial charge is 0.497 e. The van der Waals surface area contributed by atoms with Crippen molar-refractivity contribution in [2.45, 2.75) is 19.9 Å². The second-order valence-electron chi connectivity index (χ2n) is 7.62. The van der Waals surface area contributed by atoms with Gasteiger partial charge in [0, 0.05) is 26.2 Å². The number of hydrogen-bond donors (Lipinski definition) is 0. The van der Waals surface area contributed by atoms with Crippen molar-refractivity contribution in [1.29, 1.82) is 0 Å². The Morgan fingerprint density at radius 2 is 1.66 bits per heavy atom. The molecule has 9 nitrogen and oxygen atoms in total. The fourth-order valence-electron chi connectivity index (χ4n) is 3.74. The van der Waals surface area contributed by atoms with E-state index in [9.17, 15) is 4.79 Å². The first-order chi connectivity index (χ1) is 15.7. The second kappa shape index (κ2) is 10.2. The lowest BCUT2D eigenvalue weighted by atomic mass is 10.1. The zero-order valence-corrected chi connectivity index (χ0v) is 18.5. The van der Waals surface area contributed by atoms with Crippen molar-refractivity contribution < 1.29 is 14.3 Å². The monoisotopic (exact) mass is 436 g/mol. The van der Waals surface area contributed by atoms with Gasteiger partial charge in [0.25, 0.3) is 0 Å². The fourth-order valence-corrected chi connectivity index (χ4v) is 3.74. The van der Waals surface area contributed by atoms with Crippen LogP contribution in [0.3, 0.4) is 0 Å². The fraction of sp³-hybridized carbons (Fsp3) is 0.391. The third kappa shape index (κ3) is 5.23. The normalized spacial score (nSPS) is 14.4. The van der Waals surface area contributed by atoms with Crippen LogP contribution in [-0.4, -0.2) is 75.8 Å². The molecule has 3 aromatic rings. The molecule has 1 saturated heterocycles. The molecule has 0 unspecified atom stereocenters. The Labute approximate surface area is 187 Å². The smallest absolute Gasteiger partial charge is 0.227 e. The number of rotatable bonds is 8. The average molecular weight is 437 g/mol. The topological polar surface area (TPSA) is 85.6 Å². The number of ether oxygens (including phenoxy) is 2. The van der Waals surface area contributed by atoms with Gasteiger partial charge in [0.2, 0.25) is 5.91 Å². The van der Waals surface area contributed by atoms with E-state index in [1.807, 2.05) is 60.4 Å². The van der Waals surface area contributed by atoms with Crippen molar-refractivity contribution >= 4 is 5.91 Å². The van der Waals surface area contributed by atoms with E-state index < -0.39 is 0 Å². The summed E-state index contributed by atoms with van der Waals surface area (Å²) >= 11 is 0. The number of methoxy groups -OCH3 is 1. The molecule has 0 N–H and O–H groups in total. The summed E-state index contributed by atoms with van der Waals surface area (Å²) in [6, 6.07) is 15.4. The van der Waals surface area contributed by atoms with E-state index in [1.165, 1.54) is 0 Å². The minimum atomic E-state index is 0.150. The number of aromatic nitrogens is 4. The van der Waals surface area contributed by atoms with Gasteiger partial charge in [-0.15, -0.1) is 5.10 Å². The van der Waals surface area contributed by atoms with E-state index in [4.69, 9.17) is 9.47 Å². The predicted molar refractivity (Wildman–Crippen MR) is 119 cm³/mol. The van der Waals surface area contributed by atoms with Gasteiger partial charge >= 0.3 is 0 Å². The summed E-state index contributed by atoms with van der Waals surface area (Å²) in [4.78, 5) is 16.9. The molecule has 2 heterocycles. The Hall–Kier alpha value is -3.46. The highest BCUT2D eigenvalue weighted by Gasteiger charge is 2.23. The Bertz CT molecular complexity index is 1010. The maximum Gasteiger partial charge on any atom is 0.227 e. The summed E-state index contributed by atoms with van der Waals surface area (Å²) in [5, 5.41) is 12.2.